The zero-order valence-electron chi connectivity index (χ0n) is 9.77. The molecule has 18 heavy (non-hydrogen) atoms. The van der Waals surface area contributed by atoms with Gasteiger partial charge in [-0.05, 0) is 37.6 Å². The molecule has 0 aromatic heterocycles. The Balaban J connectivity index is 2.68. The molecule has 0 spiro atoms. The standard InChI is InChI=1S/C12H11FO4S/c1-12(2,11(14)15)10-5-7-3-4-8(13)6-9(7)18(10,16)17/h3-6H,1-2H3,(H,14,15). The lowest BCUT2D eigenvalue weighted by Crippen LogP contribution is -2.28. The van der Waals surface area contributed by atoms with Crippen LogP contribution in [0.1, 0.15) is 19.4 Å². The van der Waals surface area contributed by atoms with Gasteiger partial charge in [-0.3, -0.25) is 4.79 Å². The number of hydrogen-bond acceptors (Lipinski definition) is 3. The van der Waals surface area contributed by atoms with Gasteiger partial charge in [0.2, 0.25) is 9.84 Å². The van der Waals surface area contributed by atoms with Crippen molar-refractivity contribution in [2.24, 2.45) is 5.41 Å². The highest BCUT2D eigenvalue weighted by molar-refractivity contribution is 7.96. The average molecular weight is 270 g/mol. The summed E-state index contributed by atoms with van der Waals surface area (Å²) in [5, 5.41) is 9.09. The highest BCUT2D eigenvalue weighted by atomic mass is 32.2. The molecule has 6 heteroatoms. The van der Waals surface area contributed by atoms with Crippen LogP contribution in [0.25, 0.3) is 6.08 Å². The van der Waals surface area contributed by atoms with Gasteiger partial charge in [0.1, 0.15) is 5.82 Å². The van der Waals surface area contributed by atoms with Crippen molar-refractivity contribution in [3.63, 3.8) is 0 Å². The summed E-state index contributed by atoms with van der Waals surface area (Å²) in [4.78, 5) is 10.7. The second kappa shape index (κ2) is 3.65. The highest BCUT2D eigenvalue weighted by Crippen LogP contribution is 2.42. The molecule has 1 aromatic rings. The largest absolute Gasteiger partial charge is 0.481 e. The van der Waals surface area contributed by atoms with Crippen LogP contribution in [0, 0.1) is 11.2 Å². The zero-order valence-corrected chi connectivity index (χ0v) is 10.6. The SMILES string of the molecule is CC(C)(C(=O)O)C1=Cc2ccc(F)cc2S1(=O)=O. The summed E-state index contributed by atoms with van der Waals surface area (Å²) in [5.74, 6) is -1.91. The monoisotopic (exact) mass is 270 g/mol. The summed E-state index contributed by atoms with van der Waals surface area (Å²) in [5.41, 5.74) is -1.23. The van der Waals surface area contributed by atoms with E-state index in [1.807, 2.05) is 0 Å². The number of halogens is 1. The van der Waals surface area contributed by atoms with E-state index >= 15 is 0 Å². The summed E-state index contributed by atoms with van der Waals surface area (Å²) >= 11 is 0. The summed E-state index contributed by atoms with van der Waals surface area (Å²) < 4.78 is 37.5. The maximum atomic E-state index is 13.1. The predicted octanol–water partition coefficient (Wildman–Crippen LogP) is 2.06. The molecule has 0 aliphatic carbocycles. The van der Waals surface area contributed by atoms with Gasteiger partial charge in [-0.2, -0.15) is 0 Å². The van der Waals surface area contributed by atoms with E-state index in [2.05, 4.69) is 0 Å². The van der Waals surface area contributed by atoms with Gasteiger partial charge in [0.05, 0.1) is 15.2 Å². The lowest BCUT2D eigenvalue weighted by Gasteiger charge is -2.20. The van der Waals surface area contributed by atoms with Crippen LogP contribution in [0.3, 0.4) is 0 Å². The number of benzene rings is 1. The van der Waals surface area contributed by atoms with E-state index in [-0.39, 0.29) is 9.80 Å². The van der Waals surface area contributed by atoms with E-state index in [9.17, 15) is 17.6 Å². The number of rotatable bonds is 2. The van der Waals surface area contributed by atoms with Crippen molar-refractivity contribution in [1.29, 1.82) is 0 Å². The minimum atomic E-state index is -3.93. The van der Waals surface area contributed by atoms with Gasteiger partial charge in [-0.25, -0.2) is 12.8 Å². The number of sulfone groups is 1. The number of hydrogen-bond donors (Lipinski definition) is 1. The van der Waals surface area contributed by atoms with Crippen LogP contribution in [-0.4, -0.2) is 19.5 Å². The number of aliphatic carboxylic acids is 1. The quantitative estimate of drug-likeness (QED) is 0.893. The fourth-order valence-corrected chi connectivity index (χ4v) is 3.80. The van der Waals surface area contributed by atoms with Crippen LogP contribution in [0.2, 0.25) is 0 Å². The van der Waals surface area contributed by atoms with Gasteiger partial charge in [0.15, 0.2) is 0 Å². The Morgan fingerprint density at radius 2 is 1.94 bits per heavy atom. The third kappa shape index (κ3) is 1.64. The normalized spacial score (nSPS) is 17.2. The van der Waals surface area contributed by atoms with Crippen LogP contribution in [0.4, 0.5) is 4.39 Å². The Kier molecular flexibility index (Phi) is 2.59. The molecule has 96 valence electrons. The Hall–Kier alpha value is -1.69. The van der Waals surface area contributed by atoms with E-state index in [1.54, 1.807) is 0 Å². The van der Waals surface area contributed by atoms with Crippen LogP contribution in [0.5, 0.6) is 0 Å². The van der Waals surface area contributed by atoms with Crippen molar-refractivity contribution in [2.45, 2.75) is 18.7 Å². The first-order valence-corrected chi connectivity index (χ1v) is 6.66. The first-order chi connectivity index (χ1) is 8.17. The molecule has 4 nitrogen and oxygen atoms in total. The van der Waals surface area contributed by atoms with Crippen LogP contribution < -0.4 is 0 Å². The lowest BCUT2D eigenvalue weighted by atomic mass is 9.92. The van der Waals surface area contributed by atoms with Crippen molar-refractivity contribution in [2.75, 3.05) is 0 Å². The molecule has 0 fully saturated rings. The van der Waals surface area contributed by atoms with E-state index in [0.29, 0.717) is 5.56 Å². The number of carboxylic acids is 1. The molecule has 0 amide bonds. The molecular formula is C12H11FO4S. The van der Waals surface area contributed by atoms with Crippen LogP contribution >= 0.6 is 0 Å². The number of carboxylic acid groups (broad SMARTS) is 1. The fourth-order valence-electron chi connectivity index (χ4n) is 1.82. The molecule has 0 unspecified atom stereocenters. The topological polar surface area (TPSA) is 71.4 Å². The van der Waals surface area contributed by atoms with Crippen LogP contribution in [0.15, 0.2) is 28.0 Å². The maximum absolute atomic E-state index is 13.1. The van der Waals surface area contributed by atoms with Gasteiger partial charge < -0.3 is 5.11 Å². The molecule has 1 aliphatic rings. The van der Waals surface area contributed by atoms with Crippen molar-refractivity contribution >= 4 is 21.9 Å². The van der Waals surface area contributed by atoms with E-state index in [0.717, 1.165) is 12.1 Å². The molecular weight excluding hydrogens is 259 g/mol. The molecule has 1 heterocycles. The maximum Gasteiger partial charge on any atom is 0.314 e. The molecule has 0 saturated carbocycles. The lowest BCUT2D eigenvalue weighted by molar-refractivity contribution is -0.144. The van der Waals surface area contributed by atoms with E-state index in [1.165, 1.54) is 26.0 Å². The first-order valence-electron chi connectivity index (χ1n) is 5.17. The van der Waals surface area contributed by atoms with Gasteiger partial charge >= 0.3 is 5.97 Å². The molecule has 1 N–H and O–H groups in total. The second-order valence-electron chi connectivity index (χ2n) is 4.62. The number of carbonyl (C=O) groups is 1. The molecule has 2 rings (SSSR count). The predicted molar refractivity (Wildman–Crippen MR) is 63.0 cm³/mol. The zero-order chi connectivity index (χ0) is 13.7. The van der Waals surface area contributed by atoms with Crippen molar-refractivity contribution in [1.82, 2.24) is 0 Å². The smallest absolute Gasteiger partial charge is 0.314 e. The summed E-state index contributed by atoms with van der Waals surface area (Å²) in [6.07, 6.45) is 1.29. The third-order valence-corrected chi connectivity index (χ3v) is 5.13. The van der Waals surface area contributed by atoms with Crippen LogP contribution in [-0.2, 0) is 14.6 Å². The average Bonchev–Trinajstić information content (AvgIpc) is 2.51. The third-order valence-electron chi connectivity index (χ3n) is 2.99. The Labute approximate surface area is 104 Å². The summed E-state index contributed by atoms with van der Waals surface area (Å²) in [7, 11) is -3.93. The van der Waals surface area contributed by atoms with Gasteiger partial charge in [-0.15, -0.1) is 0 Å². The highest BCUT2D eigenvalue weighted by Gasteiger charge is 2.43. The molecule has 1 aromatic carbocycles. The van der Waals surface area contributed by atoms with Gasteiger partial charge in [0, 0.05) is 0 Å². The molecule has 0 bridgehead atoms. The van der Waals surface area contributed by atoms with Gasteiger partial charge in [-0.1, -0.05) is 6.07 Å². The number of fused-ring (bicyclic) bond motifs is 1. The summed E-state index contributed by atoms with van der Waals surface area (Å²) in [6, 6.07) is 3.38. The molecule has 0 saturated heterocycles. The Morgan fingerprint density at radius 1 is 1.33 bits per heavy atom. The molecule has 0 radical (unpaired) electrons. The Bertz CT molecular complexity index is 671. The molecule has 1 aliphatic heterocycles. The summed E-state index contributed by atoms with van der Waals surface area (Å²) in [6.45, 7) is 2.61. The van der Waals surface area contributed by atoms with E-state index < -0.39 is 27.0 Å². The van der Waals surface area contributed by atoms with Crippen molar-refractivity contribution < 1.29 is 22.7 Å². The van der Waals surface area contributed by atoms with Crippen molar-refractivity contribution in [3.8, 4) is 0 Å². The fraction of sp³-hybridized carbons (Fsp3) is 0.250. The minimum absolute atomic E-state index is 0.174. The second-order valence-corrected chi connectivity index (χ2v) is 6.51. The van der Waals surface area contributed by atoms with Gasteiger partial charge in [0.25, 0.3) is 0 Å². The van der Waals surface area contributed by atoms with E-state index in [4.69, 9.17) is 5.11 Å². The van der Waals surface area contributed by atoms with Crippen molar-refractivity contribution in [3.05, 3.63) is 34.5 Å². The minimum Gasteiger partial charge on any atom is -0.481 e. The molecule has 0 atom stereocenters. The first kappa shape index (κ1) is 12.8. The Morgan fingerprint density at radius 3 is 2.50 bits per heavy atom.